The first-order chi connectivity index (χ1) is 13.6. The first-order valence-electron chi connectivity index (χ1n) is 8.50. The molecule has 0 aliphatic rings. The Morgan fingerprint density at radius 1 is 0.929 bits per heavy atom. The van der Waals surface area contributed by atoms with E-state index in [-0.39, 0.29) is 11.5 Å². The normalized spacial score (nSPS) is 12.6. The molecule has 7 heteroatoms. The van der Waals surface area contributed by atoms with Gasteiger partial charge in [0.05, 0.1) is 48.5 Å². The van der Waals surface area contributed by atoms with Crippen LogP contribution in [0.2, 0.25) is 0 Å². The fourth-order valence-corrected chi connectivity index (χ4v) is 4.42. The summed E-state index contributed by atoms with van der Waals surface area (Å²) < 4.78 is 29.2. The molecular weight excluding hydrogens is 378 g/mol. The molecule has 28 heavy (non-hydrogen) atoms. The molecule has 0 aliphatic heterocycles. The zero-order valence-corrected chi connectivity index (χ0v) is 16.7. The predicted molar refractivity (Wildman–Crippen MR) is 110 cm³/mol. The summed E-state index contributed by atoms with van der Waals surface area (Å²) in [6.45, 7) is 0. The molecule has 0 radical (unpaired) electrons. The highest BCUT2D eigenvalue weighted by atomic mass is 32.2. The van der Waals surface area contributed by atoms with Crippen LogP contribution in [0.25, 0.3) is 10.8 Å². The molecule has 3 aromatic rings. The van der Waals surface area contributed by atoms with E-state index in [0.29, 0.717) is 27.7 Å². The van der Waals surface area contributed by atoms with Crippen LogP contribution in [0.5, 0.6) is 17.2 Å². The van der Waals surface area contributed by atoms with Crippen molar-refractivity contribution in [2.24, 2.45) is 5.16 Å². The van der Waals surface area contributed by atoms with Crippen LogP contribution in [0.15, 0.2) is 64.6 Å². The molecule has 0 aromatic heterocycles. The molecule has 0 heterocycles. The van der Waals surface area contributed by atoms with Crippen molar-refractivity contribution in [3.05, 3.63) is 60.2 Å². The summed E-state index contributed by atoms with van der Waals surface area (Å²) in [5.41, 5.74) is 0.863. The fourth-order valence-electron chi connectivity index (χ4n) is 3.00. The molecule has 1 atom stereocenters. The SMILES string of the molecule is COc1ccc(/C(CS(=O)c2c(OC)ccc3ccccc23)=N\O)cc1OC. The lowest BCUT2D eigenvalue weighted by Gasteiger charge is -2.13. The van der Waals surface area contributed by atoms with Gasteiger partial charge in [-0.25, -0.2) is 0 Å². The Labute approximate surface area is 165 Å². The van der Waals surface area contributed by atoms with Gasteiger partial charge in [-0.15, -0.1) is 0 Å². The highest BCUT2D eigenvalue weighted by Gasteiger charge is 2.19. The lowest BCUT2D eigenvalue weighted by molar-refractivity contribution is 0.319. The zero-order valence-electron chi connectivity index (χ0n) is 15.8. The molecule has 3 rings (SSSR count). The summed E-state index contributed by atoms with van der Waals surface area (Å²) in [5, 5.41) is 14.7. The number of rotatable bonds is 7. The highest BCUT2D eigenvalue weighted by molar-refractivity contribution is 7.86. The summed E-state index contributed by atoms with van der Waals surface area (Å²) >= 11 is 0. The maximum Gasteiger partial charge on any atom is 0.161 e. The molecule has 146 valence electrons. The second-order valence-corrected chi connectivity index (χ2v) is 7.31. The molecule has 0 fully saturated rings. The van der Waals surface area contributed by atoms with Crippen LogP contribution in [0.4, 0.5) is 0 Å². The summed E-state index contributed by atoms with van der Waals surface area (Å²) in [6, 6.07) is 16.5. The molecule has 0 amide bonds. The van der Waals surface area contributed by atoms with Crippen LogP contribution in [-0.2, 0) is 10.8 Å². The fraction of sp³-hybridized carbons (Fsp3) is 0.190. The number of ether oxygens (including phenoxy) is 3. The molecule has 6 nitrogen and oxygen atoms in total. The van der Waals surface area contributed by atoms with E-state index in [4.69, 9.17) is 14.2 Å². The first-order valence-corrected chi connectivity index (χ1v) is 9.82. The van der Waals surface area contributed by atoms with E-state index in [2.05, 4.69) is 5.16 Å². The Kier molecular flexibility index (Phi) is 6.16. The number of oxime groups is 1. The van der Waals surface area contributed by atoms with Crippen molar-refractivity contribution in [3.63, 3.8) is 0 Å². The smallest absolute Gasteiger partial charge is 0.161 e. The van der Waals surface area contributed by atoms with Crippen molar-refractivity contribution in [3.8, 4) is 17.2 Å². The van der Waals surface area contributed by atoms with E-state index in [1.165, 1.54) is 7.11 Å². The van der Waals surface area contributed by atoms with Crippen molar-refractivity contribution in [1.29, 1.82) is 0 Å². The lowest BCUT2D eigenvalue weighted by atomic mass is 10.1. The molecule has 1 N–H and O–H groups in total. The summed E-state index contributed by atoms with van der Waals surface area (Å²) in [6.07, 6.45) is 0. The van der Waals surface area contributed by atoms with Gasteiger partial charge >= 0.3 is 0 Å². The molecule has 0 aliphatic carbocycles. The minimum atomic E-state index is -1.50. The van der Waals surface area contributed by atoms with Crippen LogP contribution in [0.1, 0.15) is 5.56 Å². The minimum Gasteiger partial charge on any atom is -0.495 e. The van der Waals surface area contributed by atoms with Gasteiger partial charge in [-0.1, -0.05) is 35.5 Å². The Balaban J connectivity index is 1.99. The molecule has 1 unspecified atom stereocenters. The number of benzene rings is 3. The van der Waals surface area contributed by atoms with Crippen LogP contribution >= 0.6 is 0 Å². The van der Waals surface area contributed by atoms with Gasteiger partial charge in [0.25, 0.3) is 0 Å². The van der Waals surface area contributed by atoms with E-state index in [0.717, 1.165) is 10.8 Å². The van der Waals surface area contributed by atoms with Crippen molar-refractivity contribution in [2.45, 2.75) is 4.90 Å². The van der Waals surface area contributed by atoms with Crippen LogP contribution in [-0.4, -0.2) is 42.2 Å². The average Bonchev–Trinajstić information content (AvgIpc) is 2.75. The van der Waals surface area contributed by atoms with Gasteiger partial charge in [0.15, 0.2) is 11.5 Å². The van der Waals surface area contributed by atoms with Gasteiger partial charge in [-0.2, -0.15) is 0 Å². The molecule has 0 spiro atoms. The second-order valence-electron chi connectivity index (χ2n) is 5.92. The Hall–Kier alpha value is -3.06. The number of nitrogens with zero attached hydrogens (tertiary/aromatic N) is 1. The second kappa shape index (κ2) is 8.75. The van der Waals surface area contributed by atoms with E-state index in [1.807, 2.05) is 30.3 Å². The highest BCUT2D eigenvalue weighted by Crippen LogP contribution is 2.32. The third-order valence-electron chi connectivity index (χ3n) is 4.40. The Bertz CT molecular complexity index is 1050. The van der Waals surface area contributed by atoms with Gasteiger partial charge < -0.3 is 19.4 Å². The monoisotopic (exact) mass is 399 g/mol. The zero-order chi connectivity index (χ0) is 20.1. The van der Waals surface area contributed by atoms with Crippen molar-refractivity contribution < 1.29 is 23.6 Å². The first kappa shape index (κ1) is 19.7. The molecule has 0 bridgehead atoms. The third-order valence-corrected chi connectivity index (χ3v) is 5.81. The molecule has 0 saturated heterocycles. The standard InChI is InChI=1S/C21H21NO5S/c1-25-18-10-9-15(12-20(18)27-3)17(22-23)13-28(24)21-16-7-5-4-6-14(16)8-11-19(21)26-2/h4-12,23H,13H2,1-3H3/b22-17-. The Morgan fingerprint density at radius 3 is 2.29 bits per heavy atom. The lowest BCUT2D eigenvalue weighted by Crippen LogP contribution is -2.14. The van der Waals surface area contributed by atoms with E-state index in [1.54, 1.807) is 38.5 Å². The van der Waals surface area contributed by atoms with Gasteiger partial charge in [-0.3, -0.25) is 4.21 Å². The van der Waals surface area contributed by atoms with Gasteiger partial charge in [0.2, 0.25) is 0 Å². The van der Waals surface area contributed by atoms with Crippen LogP contribution in [0, 0.1) is 0 Å². The van der Waals surface area contributed by atoms with Gasteiger partial charge in [-0.05, 0) is 29.7 Å². The summed E-state index contributed by atoms with van der Waals surface area (Å²) in [7, 11) is 3.10. The van der Waals surface area contributed by atoms with Crippen molar-refractivity contribution >= 4 is 27.3 Å². The van der Waals surface area contributed by atoms with Crippen molar-refractivity contribution in [1.82, 2.24) is 0 Å². The predicted octanol–water partition coefficient (Wildman–Crippen LogP) is 3.85. The number of hydrogen-bond donors (Lipinski definition) is 1. The van der Waals surface area contributed by atoms with Crippen LogP contribution < -0.4 is 14.2 Å². The topological polar surface area (TPSA) is 77.4 Å². The van der Waals surface area contributed by atoms with E-state index in [9.17, 15) is 9.42 Å². The maximum atomic E-state index is 13.2. The van der Waals surface area contributed by atoms with E-state index >= 15 is 0 Å². The molecule has 0 saturated carbocycles. The minimum absolute atomic E-state index is 0.0103. The molecule has 3 aromatic carbocycles. The largest absolute Gasteiger partial charge is 0.495 e. The third kappa shape index (κ3) is 3.80. The van der Waals surface area contributed by atoms with Gasteiger partial charge in [0, 0.05) is 10.9 Å². The van der Waals surface area contributed by atoms with Gasteiger partial charge in [0.1, 0.15) is 5.75 Å². The number of methoxy groups -OCH3 is 3. The quantitative estimate of drug-likeness (QED) is 0.371. The molecular formula is C21H21NO5S. The summed E-state index contributed by atoms with van der Waals surface area (Å²) in [5.74, 6) is 1.59. The number of fused-ring (bicyclic) bond motifs is 1. The number of hydrogen-bond acceptors (Lipinski definition) is 6. The van der Waals surface area contributed by atoms with Crippen molar-refractivity contribution in [2.75, 3.05) is 27.1 Å². The van der Waals surface area contributed by atoms with Crippen LogP contribution in [0.3, 0.4) is 0 Å². The summed E-state index contributed by atoms with van der Waals surface area (Å²) in [4.78, 5) is 0.572. The maximum absolute atomic E-state index is 13.2. The average molecular weight is 399 g/mol. The van der Waals surface area contributed by atoms with E-state index < -0.39 is 10.8 Å². The Morgan fingerprint density at radius 2 is 1.61 bits per heavy atom.